The van der Waals surface area contributed by atoms with Crippen LogP contribution in [0.2, 0.25) is 0 Å². The normalized spacial score (nSPS) is 10.8. The van der Waals surface area contributed by atoms with Crippen LogP contribution in [0.4, 0.5) is 0 Å². The first-order valence-electron chi connectivity index (χ1n) is 9.42. The molecular weight excluding hydrogens is 350 g/mol. The maximum absolute atomic E-state index is 12.5. The van der Waals surface area contributed by atoms with E-state index in [4.69, 9.17) is 4.74 Å². The molecule has 0 radical (unpaired) electrons. The molecule has 28 heavy (non-hydrogen) atoms. The number of para-hydroxylation sites is 1. The average Bonchev–Trinajstić information content (AvgIpc) is 2.91. The Balaban J connectivity index is 1.60. The number of carbonyl (C=O) groups is 1. The summed E-state index contributed by atoms with van der Waals surface area (Å²) < 4.78 is 7.81. The number of aromatic nitrogens is 2. The van der Waals surface area contributed by atoms with Crippen molar-refractivity contribution in [3.8, 4) is 5.75 Å². The molecule has 3 rings (SSSR count). The van der Waals surface area contributed by atoms with Gasteiger partial charge in [-0.25, -0.2) is 0 Å². The molecule has 5 heteroatoms. The van der Waals surface area contributed by atoms with Gasteiger partial charge < -0.3 is 10.1 Å². The fourth-order valence-corrected chi connectivity index (χ4v) is 3.28. The maximum Gasteiger partial charge on any atom is 0.251 e. The Hall–Kier alpha value is -3.08. The van der Waals surface area contributed by atoms with Gasteiger partial charge in [0.1, 0.15) is 12.4 Å². The minimum absolute atomic E-state index is 0.0927. The highest BCUT2D eigenvalue weighted by Gasteiger charge is 2.12. The molecule has 0 aliphatic heterocycles. The van der Waals surface area contributed by atoms with E-state index < -0.39 is 0 Å². The molecule has 0 fully saturated rings. The van der Waals surface area contributed by atoms with Crippen molar-refractivity contribution in [1.29, 1.82) is 0 Å². The summed E-state index contributed by atoms with van der Waals surface area (Å²) in [5, 5.41) is 7.36. The Morgan fingerprint density at radius 1 is 1.04 bits per heavy atom. The lowest BCUT2D eigenvalue weighted by molar-refractivity contribution is 0.0951. The van der Waals surface area contributed by atoms with Gasteiger partial charge in [-0.3, -0.25) is 9.48 Å². The van der Waals surface area contributed by atoms with Gasteiger partial charge in [-0.1, -0.05) is 30.3 Å². The van der Waals surface area contributed by atoms with E-state index in [2.05, 4.69) is 10.4 Å². The van der Waals surface area contributed by atoms with Crippen molar-refractivity contribution >= 4 is 5.91 Å². The molecule has 0 unspecified atom stereocenters. The number of ether oxygens (including phenoxy) is 1. The van der Waals surface area contributed by atoms with Gasteiger partial charge in [0.2, 0.25) is 0 Å². The summed E-state index contributed by atoms with van der Waals surface area (Å²) in [6.07, 6.45) is 0. The number of rotatable bonds is 6. The molecule has 0 aliphatic rings. The van der Waals surface area contributed by atoms with Gasteiger partial charge in [0.15, 0.2) is 0 Å². The minimum Gasteiger partial charge on any atom is -0.488 e. The highest BCUT2D eigenvalue weighted by atomic mass is 16.5. The molecule has 146 valence electrons. The minimum atomic E-state index is -0.0927. The molecular formula is C23H27N3O2. The zero-order valence-electron chi connectivity index (χ0n) is 17.2. The molecule has 0 spiro atoms. The van der Waals surface area contributed by atoms with Crippen molar-refractivity contribution in [3.05, 3.63) is 81.7 Å². The third kappa shape index (κ3) is 4.25. The van der Waals surface area contributed by atoms with Gasteiger partial charge in [-0.05, 0) is 56.5 Å². The molecule has 0 bridgehead atoms. The van der Waals surface area contributed by atoms with Crippen LogP contribution in [0.3, 0.4) is 0 Å². The second kappa shape index (κ2) is 8.30. The lowest BCUT2D eigenvalue weighted by Crippen LogP contribution is -2.23. The predicted molar refractivity (Wildman–Crippen MR) is 111 cm³/mol. The topological polar surface area (TPSA) is 56.1 Å². The van der Waals surface area contributed by atoms with Crippen LogP contribution >= 0.6 is 0 Å². The molecule has 0 aliphatic carbocycles. The largest absolute Gasteiger partial charge is 0.488 e. The molecule has 0 atom stereocenters. The SMILES string of the molecule is Cc1cccc(C)c1OCc1ccc(C(=O)NCc2c(C)nn(C)c2C)cc1. The van der Waals surface area contributed by atoms with Gasteiger partial charge in [0.05, 0.1) is 5.69 Å². The van der Waals surface area contributed by atoms with Crippen LogP contribution in [-0.4, -0.2) is 15.7 Å². The molecule has 3 aromatic rings. The van der Waals surface area contributed by atoms with E-state index in [9.17, 15) is 4.79 Å². The van der Waals surface area contributed by atoms with Gasteiger partial charge in [0.25, 0.3) is 5.91 Å². The molecule has 0 saturated heterocycles. The molecule has 1 aromatic heterocycles. The number of carbonyl (C=O) groups excluding carboxylic acids is 1. The van der Waals surface area contributed by atoms with Crippen LogP contribution in [0.15, 0.2) is 42.5 Å². The number of nitrogens with one attached hydrogen (secondary N) is 1. The summed E-state index contributed by atoms with van der Waals surface area (Å²) in [5.41, 5.74) is 6.98. The van der Waals surface area contributed by atoms with Crippen LogP contribution in [0.5, 0.6) is 5.75 Å². The summed E-state index contributed by atoms with van der Waals surface area (Å²) >= 11 is 0. The van der Waals surface area contributed by atoms with E-state index in [-0.39, 0.29) is 5.91 Å². The van der Waals surface area contributed by atoms with E-state index in [1.165, 1.54) is 0 Å². The third-order valence-corrected chi connectivity index (χ3v) is 5.09. The van der Waals surface area contributed by atoms with Gasteiger partial charge in [-0.15, -0.1) is 0 Å². The fraction of sp³-hybridized carbons (Fsp3) is 0.304. The molecule has 1 heterocycles. The van der Waals surface area contributed by atoms with Crippen LogP contribution in [0, 0.1) is 27.7 Å². The lowest BCUT2D eigenvalue weighted by atomic mass is 10.1. The van der Waals surface area contributed by atoms with Crippen LogP contribution in [0.25, 0.3) is 0 Å². The Kier molecular flexibility index (Phi) is 5.83. The van der Waals surface area contributed by atoms with Crippen molar-refractivity contribution in [2.75, 3.05) is 0 Å². The number of aryl methyl sites for hydroxylation is 4. The Morgan fingerprint density at radius 2 is 1.68 bits per heavy atom. The maximum atomic E-state index is 12.5. The Morgan fingerprint density at radius 3 is 2.25 bits per heavy atom. The van der Waals surface area contributed by atoms with Crippen LogP contribution in [-0.2, 0) is 20.2 Å². The van der Waals surface area contributed by atoms with E-state index in [1.807, 2.05) is 81.9 Å². The number of hydrogen-bond acceptors (Lipinski definition) is 3. The van der Waals surface area contributed by atoms with Gasteiger partial charge in [-0.2, -0.15) is 5.10 Å². The first kappa shape index (κ1) is 19.7. The summed E-state index contributed by atoms with van der Waals surface area (Å²) in [4.78, 5) is 12.5. The van der Waals surface area contributed by atoms with Crippen molar-refractivity contribution in [2.24, 2.45) is 7.05 Å². The summed E-state index contributed by atoms with van der Waals surface area (Å²) in [6.45, 7) is 9.00. The molecule has 1 amide bonds. The highest BCUT2D eigenvalue weighted by molar-refractivity contribution is 5.94. The fourth-order valence-electron chi connectivity index (χ4n) is 3.28. The Labute approximate surface area is 166 Å². The van der Waals surface area contributed by atoms with E-state index >= 15 is 0 Å². The molecule has 1 N–H and O–H groups in total. The number of benzene rings is 2. The smallest absolute Gasteiger partial charge is 0.251 e. The van der Waals surface area contributed by atoms with Crippen LogP contribution in [0.1, 0.15) is 44.0 Å². The second-order valence-electron chi connectivity index (χ2n) is 7.16. The van der Waals surface area contributed by atoms with E-state index in [0.29, 0.717) is 18.7 Å². The molecule has 2 aromatic carbocycles. The lowest BCUT2D eigenvalue weighted by Gasteiger charge is -2.12. The third-order valence-electron chi connectivity index (χ3n) is 5.09. The van der Waals surface area contributed by atoms with Gasteiger partial charge >= 0.3 is 0 Å². The average molecular weight is 377 g/mol. The van der Waals surface area contributed by atoms with Crippen LogP contribution < -0.4 is 10.1 Å². The van der Waals surface area contributed by atoms with Crippen molar-refractivity contribution in [3.63, 3.8) is 0 Å². The standard InChI is InChI=1S/C23H27N3O2/c1-15-7-6-8-16(2)22(15)28-14-19-9-11-20(12-10-19)23(27)24-13-21-17(3)25-26(5)18(21)4/h6-12H,13-14H2,1-5H3,(H,24,27). The summed E-state index contributed by atoms with van der Waals surface area (Å²) in [6, 6.07) is 13.7. The summed E-state index contributed by atoms with van der Waals surface area (Å²) in [5.74, 6) is 0.830. The van der Waals surface area contributed by atoms with E-state index in [1.54, 1.807) is 0 Å². The zero-order chi connectivity index (χ0) is 20.3. The van der Waals surface area contributed by atoms with Crippen molar-refractivity contribution in [2.45, 2.75) is 40.8 Å². The predicted octanol–water partition coefficient (Wildman–Crippen LogP) is 4.16. The number of amides is 1. The molecule has 5 nitrogen and oxygen atoms in total. The number of hydrogen-bond donors (Lipinski definition) is 1. The molecule has 0 saturated carbocycles. The monoisotopic (exact) mass is 377 g/mol. The summed E-state index contributed by atoms with van der Waals surface area (Å²) in [7, 11) is 1.91. The first-order chi connectivity index (χ1) is 13.4. The second-order valence-corrected chi connectivity index (χ2v) is 7.16. The van der Waals surface area contributed by atoms with Gasteiger partial charge in [0, 0.05) is 30.4 Å². The Bertz CT molecular complexity index is 968. The highest BCUT2D eigenvalue weighted by Crippen LogP contribution is 2.23. The van der Waals surface area contributed by atoms with Crippen molar-refractivity contribution < 1.29 is 9.53 Å². The van der Waals surface area contributed by atoms with E-state index in [0.717, 1.165) is 39.4 Å². The van der Waals surface area contributed by atoms with Crippen molar-refractivity contribution in [1.82, 2.24) is 15.1 Å². The first-order valence-corrected chi connectivity index (χ1v) is 9.42. The zero-order valence-corrected chi connectivity index (χ0v) is 17.2. The number of nitrogens with zero attached hydrogens (tertiary/aromatic N) is 2. The quantitative estimate of drug-likeness (QED) is 0.702.